The van der Waals surface area contributed by atoms with Crippen molar-refractivity contribution in [2.45, 2.75) is 20.3 Å². The van der Waals surface area contributed by atoms with E-state index in [-0.39, 0.29) is 38.3 Å². The molecule has 87 valence electrons. The number of nitrogens with zero attached hydrogens (tertiary/aromatic N) is 1. The summed E-state index contributed by atoms with van der Waals surface area (Å²) in [5.74, 6) is 0.680. The third-order valence-corrected chi connectivity index (χ3v) is 2.59. The van der Waals surface area contributed by atoms with E-state index in [1.165, 1.54) is 6.20 Å². The Morgan fingerprint density at radius 2 is 2.00 bits per heavy atom. The molecule has 3 nitrogen and oxygen atoms in total. The minimum Gasteiger partial charge on any atom is -0.626 e. The van der Waals surface area contributed by atoms with Crippen LogP contribution in [0.3, 0.4) is 0 Å². The Morgan fingerprint density at radius 1 is 1.24 bits per heavy atom. The molecule has 1 aromatic carbocycles. The number of rotatable bonds is 3. The number of hydrogen-bond acceptors (Lipinski definition) is 2. The average molecular weight is 305 g/mol. The van der Waals surface area contributed by atoms with Crippen molar-refractivity contribution < 1.29 is 37.4 Å². The predicted octanol–water partition coefficient (Wildman–Crippen LogP) is 2.12. The SMILES string of the molecule is CCOc1c[n-]c(=O)c2cc(CC)ccc12.[Y]. The number of pyridine rings is 1. The maximum absolute atomic E-state index is 11.6. The zero-order valence-corrected chi connectivity index (χ0v) is 12.9. The van der Waals surface area contributed by atoms with Crippen molar-refractivity contribution in [2.24, 2.45) is 0 Å². The number of benzene rings is 1. The van der Waals surface area contributed by atoms with Gasteiger partial charge in [0.2, 0.25) is 0 Å². The number of aromatic nitrogens is 1. The quantitative estimate of drug-likeness (QED) is 0.872. The first-order valence-electron chi connectivity index (χ1n) is 5.47. The molecule has 0 spiro atoms. The van der Waals surface area contributed by atoms with Crippen molar-refractivity contribution in [3.63, 3.8) is 0 Å². The van der Waals surface area contributed by atoms with Gasteiger partial charge in [-0.1, -0.05) is 19.1 Å². The van der Waals surface area contributed by atoms with E-state index < -0.39 is 0 Å². The van der Waals surface area contributed by atoms with Crippen molar-refractivity contribution >= 4 is 10.8 Å². The van der Waals surface area contributed by atoms with Gasteiger partial charge in [0, 0.05) is 43.5 Å². The van der Waals surface area contributed by atoms with Crippen molar-refractivity contribution in [3.8, 4) is 5.75 Å². The molecule has 0 N–H and O–H groups in total. The molecule has 0 aliphatic rings. The first-order chi connectivity index (χ1) is 7.76. The van der Waals surface area contributed by atoms with Crippen LogP contribution in [0.25, 0.3) is 10.8 Å². The molecule has 0 aliphatic carbocycles. The van der Waals surface area contributed by atoms with E-state index in [9.17, 15) is 4.79 Å². The fourth-order valence-electron chi connectivity index (χ4n) is 1.73. The maximum atomic E-state index is 11.6. The molecule has 2 aromatic rings. The summed E-state index contributed by atoms with van der Waals surface area (Å²) >= 11 is 0. The first kappa shape index (κ1) is 14.4. The van der Waals surface area contributed by atoms with Crippen LogP contribution in [0.15, 0.2) is 29.2 Å². The van der Waals surface area contributed by atoms with Crippen molar-refractivity contribution in [2.75, 3.05) is 6.61 Å². The van der Waals surface area contributed by atoms with Gasteiger partial charge < -0.3 is 14.5 Å². The summed E-state index contributed by atoms with van der Waals surface area (Å²) < 4.78 is 5.45. The molecular formula is C13H14NO2Y-. The van der Waals surface area contributed by atoms with Crippen LogP contribution in [0, 0.1) is 0 Å². The van der Waals surface area contributed by atoms with Gasteiger partial charge in [0.1, 0.15) is 5.75 Å². The zero-order valence-electron chi connectivity index (χ0n) is 10.1. The normalized spacial score (nSPS) is 10.0. The summed E-state index contributed by atoms with van der Waals surface area (Å²) in [6.07, 6.45) is 2.41. The summed E-state index contributed by atoms with van der Waals surface area (Å²) in [5, 5.41) is 1.49. The van der Waals surface area contributed by atoms with E-state index in [0.29, 0.717) is 17.7 Å². The minimum atomic E-state index is -0.186. The third kappa shape index (κ3) is 2.96. The van der Waals surface area contributed by atoms with E-state index in [1.807, 2.05) is 25.1 Å². The second-order valence-electron chi connectivity index (χ2n) is 3.59. The Morgan fingerprint density at radius 3 is 2.65 bits per heavy atom. The number of aryl methyl sites for hydroxylation is 1. The molecule has 17 heavy (non-hydrogen) atoms. The molecule has 0 unspecified atom stereocenters. The standard InChI is InChI=1S/C13H15NO2.Y/c1-3-9-5-6-10-11(7-9)13(15)14-8-12(10)16-4-2;/h5-8H,3-4H2,1-2H3,(H,14,15);/p-1. The maximum Gasteiger partial charge on any atom is 0.105 e. The summed E-state index contributed by atoms with van der Waals surface area (Å²) in [7, 11) is 0. The van der Waals surface area contributed by atoms with Crippen LogP contribution in [0.4, 0.5) is 0 Å². The van der Waals surface area contributed by atoms with Gasteiger partial charge in [-0.25, -0.2) is 0 Å². The van der Waals surface area contributed by atoms with Gasteiger partial charge in [0.05, 0.1) is 12.2 Å². The summed E-state index contributed by atoms with van der Waals surface area (Å²) in [5.41, 5.74) is 0.953. The van der Waals surface area contributed by atoms with E-state index in [2.05, 4.69) is 11.9 Å². The second kappa shape index (κ2) is 6.32. The van der Waals surface area contributed by atoms with Gasteiger partial charge in [0.15, 0.2) is 0 Å². The van der Waals surface area contributed by atoms with Gasteiger partial charge in [-0.05, 0) is 25.0 Å². The summed E-state index contributed by atoms with van der Waals surface area (Å²) in [4.78, 5) is 15.5. The Labute approximate surface area is 125 Å². The number of ether oxygens (including phenoxy) is 1. The molecule has 0 fully saturated rings. The molecule has 0 bridgehead atoms. The zero-order chi connectivity index (χ0) is 11.5. The molecule has 4 heteroatoms. The average Bonchev–Trinajstić information content (AvgIpc) is 2.33. The second-order valence-corrected chi connectivity index (χ2v) is 3.59. The number of fused-ring (bicyclic) bond motifs is 1. The molecule has 0 aliphatic heterocycles. The van der Waals surface area contributed by atoms with Crippen LogP contribution in [0.5, 0.6) is 5.75 Å². The fraction of sp³-hybridized carbons (Fsp3) is 0.308. The minimum absolute atomic E-state index is 0. The Bertz CT molecular complexity index is 563. The van der Waals surface area contributed by atoms with Gasteiger partial charge in [-0.15, -0.1) is 6.20 Å². The number of hydrogen-bond donors (Lipinski definition) is 0. The van der Waals surface area contributed by atoms with Crippen LogP contribution in [-0.4, -0.2) is 6.61 Å². The predicted molar refractivity (Wildman–Crippen MR) is 64.1 cm³/mol. The van der Waals surface area contributed by atoms with Gasteiger partial charge in [-0.3, -0.25) is 0 Å². The molecule has 0 amide bonds. The van der Waals surface area contributed by atoms with E-state index in [1.54, 1.807) is 0 Å². The van der Waals surface area contributed by atoms with E-state index in [0.717, 1.165) is 17.4 Å². The molecule has 0 atom stereocenters. The van der Waals surface area contributed by atoms with Crippen molar-refractivity contribution in [3.05, 3.63) is 40.3 Å². The summed E-state index contributed by atoms with van der Waals surface area (Å²) in [6.45, 7) is 4.55. The van der Waals surface area contributed by atoms with Gasteiger partial charge >= 0.3 is 0 Å². The monoisotopic (exact) mass is 305 g/mol. The molecular weight excluding hydrogens is 291 g/mol. The summed E-state index contributed by atoms with van der Waals surface area (Å²) in [6, 6.07) is 5.85. The fourth-order valence-corrected chi connectivity index (χ4v) is 1.73. The van der Waals surface area contributed by atoms with Crippen molar-refractivity contribution in [1.82, 2.24) is 4.98 Å². The topological polar surface area (TPSA) is 40.4 Å². The molecule has 1 radical (unpaired) electrons. The Hall–Kier alpha value is -0.666. The first-order valence-corrected chi connectivity index (χ1v) is 5.47. The van der Waals surface area contributed by atoms with Crippen molar-refractivity contribution in [1.29, 1.82) is 0 Å². The van der Waals surface area contributed by atoms with Crippen LogP contribution < -0.4 is 15.3 Å². The molecule has 1 heterocycles. The van der Waals surface area contributed by atoms with E-state index in [4.69, 9.17) is 4.74 Å². The molecule has 2 rings (SSSR count). The molecule has 1 aromatic heterocycles. The van der Waals surface area contributed by atoms with Gasteiger partial charge in [-0.2, -0.15) is 0 Å². The third-order valence-electron chi connectivity index (χ3n) is 2.59. The largest absolute Gasteiger partial charge is 0.626 e. The molecule has 0 saturated carbocycles. The Kier molecular flexibility index (Phi) is 5.35. The van der Waals surface area contributed by atoms with Crippen LogP contribution in [0.1, 0.15) is 19.4 Å². The van der Waals surface area contributed by atoms with Crippen LogP contribution in [-0.2, 0) is 39.1 Å². The van der Waals surface area contributed by atoms with E-state index >= 15 is 0 Å². The smallest absolute Gasteiger partial charge is 0.105 e. The molecule has 0 saturated heterocycles. The van der Waals surface area contributed by atoms with Crippen LogP contribution in [0.2, 0.25) is 0 Å². The Balaban J connectivity index is 0.00000144. The van der Waals surface area contributed by atoms with Gasteiger partial charge in [0.25, 0.3) is 0 Å². The van der Waals surface area contributed by atoms with Crippen LogP contribution >= 0.6 is 0 Å².